The number of benzene rings is 3. The minimum Gasteiger partial charge on any atom is -0.494 e. The number of carbonyl (C=O) groups is 1. The fraction of sp³-hybridized carbons (Fsp3) is 0.174. The smallest absolute Gasteiger partial charge is 0.341 e. The summed E-state index contributed by atoms with van der Waals surface area (Å²) in [7, 11) is -1.56. The van der Waals surface area contributed by atoms with Crippen LogP contribution in [0.3, 0.4) is 0 Å². The molecule has 0 atom stereocenters. The summed E-state index contributed by atoms with van der Waals surface area (Å²) >= 11 is 0. The van der Waals surface area contributed by atoms with Gasteiger partial charge < -0.3 is 14.6 Å². The minimum atomic E-state index is -4.10. The van der Waals surface area contributed by atoms with Gasteiger partial charge in [-0.15, -0.1) is 0 Å². The van der Waals surface area contributed by atoms with E-state index in [0.29, 0.717) is 11.6 Å². The molecule has 0 spiro atoms. The number of halogens is 3. The SMILES string of the molecule is COc1ccc(S(=O)(=O)N(C)Cc2ccc(OCC(=O)O)c(-c3cc(F)cc(F)c3)c2)cc1F. The summed E-state index contributed by atoms with van der Waals surface area (Å²) in [5, 5.41) is 8.90. The predicted octanol–water partition coefficient (Wildman–Crippen LogP) is 4.06. The topological polar surface area (TPSA) is 93.1 Å². The molecule has 0 aliphatic heterocycles. The Hall–Kier alpha value is -3.57. The molecule has 7 nitrogen and oxygen atoms in total. The van der Waals surface area contributed by atoms with Gasteiger partial charge in [-0.1, -0.05) is 6.07 Å². The molecule has 0 amide bonds. The van der Waals surface area contributed by atoms with Crippen molar-refractivity contribution in [2.24, 2.45) is 0 Å². The Labute approximate surface area is 194 Å². The van der Waals surface area contributed by atoms with Crippen molar-refractivity contribution in [1.29, 1.82) is 0 Å². The van der Waals surface area contributed by atoms with Gasteiger partial charge in [0, 0.05) is 25.2 Å². The number of rotatable bonds is 9. The summed E-state index contributed by atoms with van der Waals surface area (Å²) < 4.78 is 78.4. The van der Waals surface area contributed by atoms with Crippen molar-refractivity contribution in [1.82, 2.24) is 4.31 Å². The maximum Gasteiger partial charge on any atom is 0.341 e. The quantitative estimate of drug-likeness (QED) is 0.481. The van der Waals surface area contributed by atoms with E-state index >= 15 is 0 Å². The highest BCUT2D eigenvalue weighted by molar-refractivity contribution is 7.89. The van der Waals surface area contributed by atoms with Crippen LogP contribution < -0.4 is 9.47 Å². The molecule has 0 heterocycles. The minimum absolute atomic E-state index is 0.0406. The third-order valence-electron chi connectivity index (χ3n) is 4.81. The summed E-state index contributed by atoms with van der Waals surface area (Å²) in [4.78, 5) is 10.6. The van der Waals surface area contributed by atoms with Crippen molar-refractivity contribution < 1.29 is 41.0 Å². The van der Waals surface area contributed by atoms with E-state index in [1.165, 1.54) is 44.5 Å². The second-order valence-corrected chi connectivity index (χ2v) is 9.27. The molecule has 3 aromatic rings. The van der Waals surface area contributed by atoms with Crippen molar-refractivity contribution in [2.75, 3.05) is 20.8 Å². The lowest BCUT2D eigenvalue weighted by molar-refractivity contribution is -0.139. The summed E-state index contributed by atoms with van der Waals surface area (Å²) in [6.45, 7) is -0.874. The van der Waals surface area contributed by atoms with Crippen LogP contribution in [0.4, 0.5) is 13.2 Å². The molecule has 0 radical (unpaired) electrons. The predicted molar refractivity (Wildman–Crippen MR) is 117 cm³/mol. The van der Waals surface area contributed by atoms with Crippen LogP contribution in [0.25, 0.3) is 11.1 Å². The number of carboxylic acids is 1. The average Bonchev–Trinajstić information content (AvgIpc) is 2.77. The van der Waals surface area contributed by atoms with Crippen LogP contribution in [-0.4, -0.2) is 44.6 Å². The van der Waals surface area contributed by atoms with Gasteiger partial charge in [-0.25, -0.2) is 26.4 Å². The van der Waals surface area contributed by atoms with Gasteiger partial charge in [0.1, 0.15) is 17.4 Å². The molecule has 180 valence electrons. The Morgan fingerprint density at radius 2 is 1.62 bits per heavy atom. The van der Waals surface area contributed by atoms with Crippen LogP contribution in [0, 0.1) is 17.5 Å². The summed E-state index contributed by atoms with van der Waals surface area (Å²) in [6, 6.07) is 10.3. The number of sulfonamides is 1. The lowest BCUT2D eigenvalue weighted by Crippen LogP contribution is -2.26. The molecule has 3 aromatic carbocycles. The number of hydrogen-bond donors (Lipinski definition) is 1. The summed E-state index contributed by atoms with van der Waals surface area (Å²) in [5.74, 6) is -3.87. The maximum atomic E-state index is 14.0. The van der Waals surface area contributed by atoms with Crippen LogP contribution in [0.15, 0.2) is 59.5 Å². The van der Waals surface area contributed by atoms with E-state index < -0.39 is 40.1 Å². The molecule has 0 bridgehead atoms. The zero-order valence-corrected chi connectivity index (χ0v) is 18.9. The molecule has 0 fully saturated rings. The van der Waals surface area contributed by atoms with E-state index in [1.807, 2.05) is 0 Å². The first-order chi connectivity index (χ1) is 16.0. The first kappa shape index (κ1) is 25.1. The van der Waals surface area contributed by atoms with E-state index in [0.717, 1.165) is 22.5 Å². The van der Waals surface area contributed by atoms with Crippen LogP contribution in [0.1, 0.15) is 5.56 Å². The zero-order chi connectivity index (χ0) is 25.0. The average molecular weight is 495 g/mol. The van der Waals surface area contributed by atoms with Crippen LogP contribution >= 0.6 is 0 Å². The van der Waals surface area contributed by atoms with E-state index in [2.05, 4.69) is 0 Å². The zero-order valence-electron chi connectivity index (χ0n) is 18.1. The van der Waals surface area contributed by atoms with Gasteiger partial charge in [-0.2, -0.15) is 4.31 Å². The van der Waals surface area contributed by atoms with Gasteiger partial charge in [0.2, 0.25) is 10.0 Å². The van der Waals surface area contributed by atoms with E-state index in [1.54, 1.807) is 0 Å². The number of hydrogen-bond acceptors (Lipinski definition) is 5. The van der Waals surface area contributed by atoms with Crippen molar-refractivity contribution in [3.8, 4) is 22.6 Å². The second kappa shape index (κ2) is 10.1. The summed E-state index contributed by atoms with van der Waals surface area (Å²) in [5.41, 5.74) is 0.642. The highest BCUT2D eigenvalue weighted by Crippen LogP contribution is 2.33. The van der Waals surface area contributed by atoms with Gasteiger partial charge in [0.15, 0.2) is 18.2 Å². The van der Waals surface area contributed by atoms with Gasteiger partial charge in [0.25, 0.3) is 0 Å². The molecule has 34 heavy (non-hydrogen) atoms. The fourth-order valence-corrected chi connectivity index (χ4v) is 4.38. The highest BCUT2D eigenvalue weighted by atomic mass is 32.2. The van der Waals surface area contributed by atoms with Crippen LogP contribution in [0.2, 0.25) is 0 Å². The molecule has 1 N–H and O–H groups in total. The Kier molecular flexibility index (Phi) is 7.48. The van der Waals surface area contributed by atoms with Gasteiger partial charge in [-0.05, 0) is 53.6 Å². The molecular formula is C23H20F3NO6S. The second-order valence-electron chi connectivity index (χ2n) is 7.23. The Morgan fingerprint density at radius 3 is 2.21 bits per heavy atom. The van der Waals surface area contributed by atoms with Gasteiger partial charge in [-0.3, -0.25) is 0 Å². The molecule has 0 saturated heterocycles. The van der Waals surface area contributed by atoms with Crippen LogP contribution in [-0.2, 0) is 21.4 Å². The molecule has 0 aliphatic rings. The molecule has 0 unspecified atom stereocenters. The van der Waals surface area contributed by atoms with E-state index in [4.69, 9.17) is 14.6 Å². The largest absolute Gasteiger partial charge is 0.494 e. The number of nitrogens with zero attached hydrogens (tertiary/aromatic N) is 1. The summed E-state index contributed by atoms with van der Waals surface area (Å²) in [6.07, 6.45) is 0. The van der Waals surface area contributed by atoms with E-state index in [-0.39, 0.29) is 34.1 Å². The number of carboxylic acid groups (broad SMARTS) is 1. The standard InChI is InChI=1S/C23H20F3NO6S/c1-27(34(30,31)18-4-6-22(32-2)20(26)11-18)12-14-3-5-21(33-13-23(28)29)19(7-14)15-8-16(24)10-17(25)9-15/h3-11H,12-13H2,1-2H3,(H,28,29). The molecule has 0 saturated carbocycles. The molecule has 11 heteroatoms. The monoisotopic (exact) mass is 495 g/mol. The number of methoxy groups -OCH3 is 1. The maximum absolute atomic E-state index is 14.0. The number of ether oxygens (including phenoxy) is 2. The molecule has 3 rings (SSSR count). The van der Waals surface area contributed by atoms with Crippen molar-refractivity contribution in [3.05, 3.63) is 77.6 Å². The third kappa shape index (κ3) is 5.67. The van der Waals surface area contributed by atoms with Crippen molar-refractivity contribution >= 4 is 16.0 Å². The van der Waals surface area contributed by atoms with Gasteiger partial charge >= 0.3 is 5.97 Å². The lowest BCUT2D eigenvalue weighted by Gasteiger charge is -2.19. The van der Waals surface area contributed by atoms with Gasteiger partial charge in [0.05, 0.1) is 12.0 Å². The van der Waals surface area contributed by atoms with Crippen LogP contribution in [0.5, 0.6) is 11.5 Å². The number of aliphatic carboxylic acids is 1. The fourth-order valence-electron chi connectivity index (χ4n) is 3.21. The Morgan fingerprint density at radius 1 is 0.971 bits per heavy atom. The molecule has 0 aromatic heterocycles. The molecular weight excluding hydrogens is 475 g/mol. The van der Waals surface area contributed by atoms with E-state index in [9.17, 15) is 26.4 Å². The Balaban J connectivity index is 1.96. The lowest BCUT2D eigenvalue weighted by atomic mass is 10.0. The molecule has 0 aliphatic carbocycles. The highest BCUT2D eigenvalue weighted by Gasteiger charge is 2.23. The normalized spacial score (nSPS) is 11.5. The first-order valence-corrected chi connectivity index (χ1v) is 11.2. The third-order valence-corrected chi connectivity index (χ3v) is 6.60. The van der Waals surface area contributed by atoms with Crippen molar-refractivity contribution in [2.45, 2.75) is 11.4 Å². The first-order valence-electron chi connectivity index (χ1n) is 9.75. The Bertz CT molecular complexity index is 1310. The van der Waals surface area contributed by atoms with Crippen molar-refractivity contribution in [3.63, 3.8) is 0 Å².